The summed E-state index contributed by atoms with van der Waals surface area (Å²) in [5.74, 6) is 0.353. The third-order valence-electron chi connectivity index (χ3n) is 4.20. The summed E-state index contributed by atoms with van der Waals surface area (Å²) in [6, 6.07) is 13.3. The number of nitrogens with one attached hydrogen (secondary N) is 1. The van der Waals surface area contributed by atoms with E-state index >= 15 is 0 Å². The second-order valence-corrected chi connectivity index (χ2v) is 8.51. The van der Waals surface area contributed by atoms with Gasteiger partial charge in [-0.25, -0.2) is 9.37 Å². The van der Waals surface area contributed by atoms with E-state index in [0.29, 0.717) is 27.7 Å². The van der Waals surface area contributed by atoms with Crippen LogP contribution in [-0.2, 0) is 4.79 Å². The molecule has 0 aliphatic rings. The van der Waals surface area contributed by atoms with Crippen molar-refractivity contribution in [1.82, 2.24) is 15.2 Å². The van der Waals surface area contributed by atoms with Crippen molar-refractivity contribution in [3.63, 3.8) is 0 Å². The predicted molar refractivity (Wildman–Crippen MR) is 118 cm³/mol. The molecule has 9 heteroatoms. The SMILES string of the molecule is COc1cccc(NC(=O)CSc2nnc(-c3ccc(F)cc3)c3sc(C)nc23)c1. The van der Waals surface area contributed by atoms with E-state index in [1.54, 1.807) is 31.4 Å². The van der Waals surface area contributed by atoms with Crippen LogP contribution >= 0.6 is 23.1 Å². The lowest BCUT2D eigenvalue weighted by molar-refractivity contribution is -0.113. The number of anilines is 1. The molecule has 0 bridgehead atoms. The fourth-order valence-electron chi connectivity index (χ4n) is 2.85. The molecule has 0 saturated carbocycles. The molecule has 2 aromatic carbocycles. The molecular formula is C21H17FN4O2S2. The maximum absolute atomic E-state index is 13.3. The Kier molecular flexibility index (Phi) is 5.91. The van der Waals surface area contributed by atoms with Gasteiger partial charge >= 0.3 is 0 Å². The van der Waals surface area contributed by atoms with Gasteiger partial charge in [0.15, 0.2) is 0 Å². The minimum atomic E-state index is -0.308. The molecule has 1 N–H and O–H groups in total. The van der Waals surface area contributed by atoms with Crippen LogP contribution in [0.1, 0.15) is 5.01 Å². The molecule has 0 aliphatic heterocycles. The fraction of sp³-hybridized carbons (Fsp3) is 0.143. The Bertz CT molecular complexity index is 1210. The van der Waals surface area contributed by atoms with Gasteiger partial charge in [-0.3, -0.25) is 4.79 Å². The number of carbonyl (C=O) groups excluding carboxylic acids is 1. The molecular weight excluding hydrogens is 423 g/mol. The number of aromatic nitrogens is 3. The number of rotatable bonds is 6. The molecule has 0 aliphatic carbocycles. The number of hydrogen-bond donors (Lipinski definition) is 1. The number of halogens is 1. The van der Waals surface area contributed by atoms with Gasteiger partial charge in [0.25, 0.3) is 0 Å². The molecule has 0 unspecified atom stereocenters. The van der Waals surface area contributed by atoms with Crippen molar-refractivity contribution in [2.75, 3.05) is 18.2 Å². The molecule has 0 saturated heterocycles. The van der Waals surface area contributed by atoms with Crippen molar-refractivity contribution in [2.24, 2.45) is 0 Å². The van der Waals surface area contributed by atoms with E-state index in [2.05, 4.69) is 20.5 Å². The number of ether oxygens (including phenoxy) is 1. The van der Waals surface area contributed by atoms with Crippen LogP contribution < -0.4 is 10.1 Å². The van der Waals surface area contributed by atoms with Crippen LogP contribution in [-0.4, -0.2) is 34.0 Å². The maximum atomic E-state index is 13.3. The molecule has 0 radical (unpaired) electrons. The van der Waals surface area contributed by atoms with Crippen molar-refractivity contribution in [3.8, 4) is 17.0 Å². The van der Waals surface area contributed by atoms with Crippen LogP contribution in [0.25, 0.3) is 21.5 Å². The summed E-state index contributed by atoms with van der Waals surface area (Å²) in [5, 5.41) is 12.9. The zero-order valence-electron chi connectivity index (χ0n) is 16.2. The highest BCUT2D eigenvalue weighted by molar-refractivity contribution is 8.00. The van der Waals surface area contributed by atoms with Crippen molar-refractivity contribution in [2.45, 2.75) is 11.9 Å². The molecule has 4 rings (SSSR count). The highest BCUT2D eigenvalue weighted by Gasteiger charge is 2.17. The zero-order chi connectivity index (χ0) is 21.1. The van der Waals surface area contributed by atoms with E-state index in [1.807, 2.05) is 19.1 Å². The van der Waals surface area contributed by atoms with Gasteiger partial charge in [0.2, 0.25) is 5.91 Å². The third-order valence-corrected chi connectivity index (χ3v) is 6.14. The minimum Gasteiger partial charge on any atom is -0.497 e. The van der Waals surface area contributed by atoms with Crippen LogP contribution in [0.2, 0.25) is 0 Å². The van der Waals surface area contributed by atoms with E-state index < -0.39 is 0 Å². The molecule has 2 aromatic heterocycles. The monoisotopic (exact) mass is 440 g/mol. The standard InChI is InChI=1S/C21H17FN4O2S2/c1-12-23-19-20(30-12)18(13-6-8-14(22)9-7-13)25-26-21(19)29-11-17(27)24-15-4-3-5-16(10-15)28-2/h3-10H,11H2,1-2H3,(H,24,27). The zero-order valence-corrected chi connectivity index (χ0v) is 17.8. The average molecular weight is 441 g/mol. The molecule has 6 nitrogen and oxygen atoms in total. The number of fused-ring (bicyclic) bond motifs is 1. The number of amides is 1. The fourth-order valence-corrected chi connectivity index (χ4v) is 4.56. The summed E-state index contributed by atoms with van der Waals surface area (Å²) in [7, 11) is 1.58. The van der Waals surface area contributed by atoms with Gasteiger partial charge in [-0.2, -0.15) is 0 Å². The number of benzene rings is 2. The van der Waals surface area contributed by atoms with E-state index in [-0.39, 0.29) is 17.5 Å². The molecule has 152 valence electrons. The van der Waals surface area contributed by atoms with Crippen LogP contribution in [0.5, 0.6) is 5.75 Å². The van der Waals surface area contributed by atoms with Crippen molar-refractivity contribution < 1.29 is 13.9 Å². The molecule has 0 spiro atoms. The van der Waals surface area contributed by atoms with Crippen LogP contribution in [0.15, 0.2) is 53.6 Å². The molecule has 30 heavy (non-hydrogen) atoms. The minimum absolute atomic E-state index is 0.160. The van der Waals surface area contributed by atoms with E-state index in [1.165, 1.54) is 35.2 Å². The topological polar surface area (TPSA) is 77.0 Å². The van der Waals surface area contributed by atoms with Crippen LogP contribution in [0.3, 0.4) is 0 Å². The summed E-state index contributed by atoms with van der Waals surface area (Å²) in [4.78, 5) is 16.9. The van der Waals surface area contributed by atoms with Crippen molar-refractivity contribution in [3.05, 3.63) is 59.4 Å². The number of hydrogen-bond acceptors (Lipinski definition) is 7. The number of aryl methyl sites for hydroxylation is 1. The summed E-state index contributed by atoms with van der Waals surface area (Å²) in [5.41, 5.74) is 2.78. The van der Waals surface area contributed by atoms with Gasteiger partial charge in [-0.15, -0.1) is 21.5 Å². The number of carbonyl (C=O) groups is 1. The van der Waals surface area contributed by atoms with Gasteiger partial charge in [-0.05, 0) is 43.3 Å². The number of nitrogens with zero attached hydrogens (tertiary/aromatic N) is 3. The lowest BCUT2D eigenvalue weighted by Gasteiger charge is -2.07. The van der Waals surface area contributed by atoms with Crippen molar-refractivity contribution >= 4 is 44.9 Å². The summed E-state index contributed by atoms with van der Waals surface area (Å²) >= 11 is 2.77. The first-order chi connectivity index (χ1) is 14.5. The van der Waals surface area contributed by atoms with Gasteiger partial charge in [0, 0.05) is 17.3 Å². The van der Waals surface area contributed by atoms with Crippen molar-refractivity contribution in [1.29, 1.82) is 0 Å². The normalized spacial score (nSPS) is 10.9. The lowest BCUT2D eigenvalue weighted by Crippen LogP contribution is -2.14. The maximum Gasteiger partial charge on any atom is 0.234 e. The Morgan fingerprint density at radius 1 is 1.20 bits per heavy atom. The highest BCUT2D eigenvalue weighted by Crippen LogP contribution is 2.35. The van der Waals surface area contributed by atoms with Crippen LogP contribution in [0.4, 0.5) is 10.1 Å². The smallest absolute Gasteiger partial charge is 0.234 e. The Hall–Kier alpha value is -3.04. The Morgan fingerprint density at radius 2 is 2.00 bits per heavy atom. The summed E-state index contributed by atoms with van der Waals surface area (Å²) < 4.78 is 19.3. The molecule has 2 heterocycles. The largest absolute Gasteiger partial charge is 0.497 e. The van der Waals surface area contributed by atoms with Gasteiger partial charge in [0.05, 0.1) is 22.6 Å². The first kappa shape index (κ1) is 20.2. The third kappa shape index (κ3) is 4.42. The first-order valence-electron chi connectivity index (χ1n) is 9.00. The highest BCUT2D eigenvalue weighted by atomic mass is 32.2. The van der Waals surface area contributed by atoms with Crippen LogP contribution in [0, 0.1) is 12.7 Å². The second-order valence-electron chi connectivity index (χ2n) is 6.34. The summed E-state index contributed by atoms with van der Waals surface area (Å²) in [6.07, 6.45) is 0. The quantitative estimate of drug-likeness (QED) is 0.428. The molecule has 1 amide bonds. The summed E-state index contributed by atoms with van der Waals surface area (Å²) in [6.45, 7) is 1.91. The lowest BCUT2D eigenvalue weighted by atomic mass is 10.1. The van der Waals surface area contributed by atoms with E-state index in [4.69, 9.17) is 4.74 Å². The number of methoxy groups -OCH3 is 1. The predicted octanol–water partition coefficient (Wildman–Crippen LogP) is 4.94. The van der Waals surface area contributed by atoms with Gasteiger partial charge in [-0.1, -0.05) is 17.8 Å². The second kappa shape index (κ2) is 8.76. The average Bonchev–Trinajstić information content (AvgIpc) is 3.14. The van der Waals surface area contributed by atoms with Gasteiger partial charge in [0.1, 0.15) is 27.8 Å². The Labute approximate surface area is 180 Å². The Morgan fingerprint density at radius 3 is 2.77 bits per heavy atom. The van der Waals surface area contributed by atoms with E-state index in [9.17, 15) is 9.18 Å². The molecule has 0 fully saturated rings. The first-order valence-corrected chi connectivity index (χ1v) is 10.8. The number of thiazole rings is 1. The van der Waals surface area contributed by atoms with Gasteiger partial charge < -0.3 is 10.1 Å². The number of thioether (sulfide) groups is 1. The molecule has 0 atom stereocenters. The Balaban J connectivity index is 1.54. The molecule has 4 aromatic rings. The van der Waals surface area contributed by atoms with E-state index in [0.717, 1.165) is 15.3 Å².